The maximum Gasteiger partial charge on any atom is 0.314 e. The topological polar surface area (TPSA) is 78.3 Å². The van der Waals surface area contributed by atoms with Gasteiger partial charge in [-0.2, -0.15) is 10.2 Å². The zero-order chi connectivity index (χ0) is 29.4. The molecule has 0 spiro atoms. The van der Waals surface area contributed by atoms with Crippen LogP contribution in [0.1, 0.15) is 77.6 Å². The predicted octanol–water partition coefficient (Wildman–Crippen LogP) is 10.1. The fourth-order valence-electron chi connectivity index (χ4n) is 7.04. The fraction of sp³-hybridized carbons (Fsp3) is 0.514. The molecule has 2 aliphatic carbocycles. The summed E-state index contributed by atoms with van der Waals surface area (Å²) in [7, 11) is 0. The monoisotopic (exact) mass is 599 g/mol. The van der Waals surface area contributed by atoms with Crippen molar-refractivity contribution in [2.75, 3.05) is 28.8 Å². The van der Waals surface area contributed by atoms with Gasteiger partial charge in [-0.25, -0.2) is 0 Å². The van der Waals surface area contributed by atoms with Gasteiger partial charge in [0, 0.05) is 13.1 Å². The summed E-state index contributed by atoms with van der Waals surface area (Å²) in [6, 6.07) is 19.4. The molecule has 1 saturated heterocycles. The molecule has 6 rings (SSSR count). The Labute approximate surface area is 260 Å². The van der Waals surface area contributed by atoms with Crippen LogP contribution >= 0.6 is 11.3 Å². The lowest BCUT2D eigenvalue weighted by molar-refractivity contribution is -0.140. The Kier molecular flexibility index (Phi) is 9.93. The molecule has 0 radical (unpaired) electrons. The van der Waals surface area contributed by atoms with E-state index >= 15 is 0 Å². The summed E-state index contributed by atoms with van der Waals surface area (Å²) in [5.74, 6) is 3.13. The Morgan fingerprint density at radius 3 is 2.02 bits per heavy atom. The number of hydrazine groups is 1. The molecule has 0 unspecified atom stereocenters. The first-order chi connectivity index (χ1) is 21.1. The molecular weight excluding hydrogens is 554 g/mol. The molecule has 228 valence electrons. The zero-order valence-electron chi connectivity index (χ0n) is 25.3. The molecule has 3 aromatic rings. The average Bonchev–Trinajstić information content (AvgIpc) is 3.77. The molecule has 0 amide bonds. The van der Waals surface area contributed by atoms with Gasteiger partial charge in [-0.3, -0.25) is 10.2 Å². The zero-order valence-corrected chi connectivity index (χ0v) is 26.2. The molecule has 0 bridgehead atoms. The molecule has 2 saturated carbocycles. The molecule has 3 fully saturated rings. The minimum Gasteiger partial charge on any atom is -0.426 e. The van der Waals surface area contributed by atoms with E-state index in [0.29, 0.717) is 11.4 Å². The summed E-state index contributed by atoms with van der Waals surface area (Å²) >= 11 is 1.77. The van der Waals surface area contributed by atoms with Crippen molar-refractivity contribution in [3.8, 4) is 5.75 Å². The number of carbonyl (C=O) groups excluding carboxylic acids is 1. The van der Waals surface area contributed by atoms with E-state index in [1.807, 2.05) is 48.5 Å². The average molecular weight is 600 g/mol. The number of thiophene rings is 1. The molecule has 0 atom stereocenters. The Morgan fingerprint density at radius 1 is 0.791 bits per heavy atom. The molecule has 2 N–H and O–H groups in total. The highest BCUT2D eigenvalue weighted by molar-refractivity contribution is 7.20. The first-order valence-electron chi connectivity index (χ1n) is 16.3. The van der Waals surface area contributed by atoms with Crippen LogP contribution in [-0.2, 0) is 4.79 Å². The number of rotatable bonds is 10. The molecule has 1 aromatic heterocycles. The van der Waals surface area contributed by atoms with E-state index in [1.165, 1.54) is 62.8 Å². The quantitative estimate of drug-likeness (QED) is 0.105. The van der Waals surface area contributed by atoms with Crippen molar-refractivity contribution in [1.82, 2.24) is 0 Å². The normalized spacial score (nSPS) is 24.3. The maximum atomic E-state index is 12.9. The summed E-state index contributed by atoms with van der Waals surface area (Å²) < 4.78 is 5.75. The number of nitrogens with one attached hydrogen (secondary N) is 2. The number of esters is 1. The second kappa shape index (κ2) is 14.4. The molecule has 3 aliphatic rings. The third kappa shape index (κ3) is 7.96. The van der Waals surface area contributed by atoms with Crippen LogP contribution in [0.5, 0.6) is 5.75 Å². The van der Waals surface area contributed by atoms with Gasteiger partial charge in [-0.15, -0.1) is 0 Å². The van der Waals surface area contributed by atoms with Gasteiger partial charge in [-0.05, 0) is 130 Å². The first-order valence-corrected chi connectivity index (χ1v) is 17.1. The maximum absolute atomic E-state index is 12.9. The Balaban J connectivity index is 0.924. The number of carbonyl (C=O) groups is 1. The van der Waals surface area contributed by atoms with E-state index < -0.39 is 0 Å². The van der Waals surface area contributed by atoms with Crippen molar-refractivity contribution in [2.24, 2.45) is 33.9 Å². The highest BCUT2D eigenvalue weighted by Gasteiger charge is 2.33. The molecule has 2 heterocycles. The minimum atomic E-state index is -0.0863. The minimum absolute atomic E-state index is 0.0213. The summed E-state index contributed by atoms with van der Waals surface area (Å²) in [5, 5.41) is 11.1. The summed E-state index contributed by atoms with van der Waals surface area (Å²) in [6.07, 6.45) is 13.7. The number of hydrogen-bond acceptors (Lipinski definition) is 8. The van der Waals surface area contributed by atoms with Gasteiger partial charge >= 0.3 is 5.97 Å². The summed E-state index contributed by atoms with van der Waals surface area (Å²) in [6.45, 7) is 4.63. The number of nitrogens with zero attached hydrogens (tertiary/aromatic N) is 3. The van der Waals surface area contributed by atoms with Crippen LogP contribution in [0, 0.1) is 23.7 Å². The van der Waals surface area contributed by atoms with Crippen molar-refractivity contribution < 1.29 is 9.53 Å². The largest absolute Gasteiger partial charge is 0.426 e. The highest BCUT2D eigenvalue weighted by Crippen LogP contribution is 2.42. The van der Waals surface area contributed by atoms with E-state index in [4.69, 9.17) is 4.74 Å². The third-order valence-corrected chi connectivity index (χ3v) is 10.8. The second-order valence-corrected chi connectivity index (χ2v) is 13.6. The first kappa shape index (κ1) is 29.7. The van der Waals surface area contributed by atoms with Crippen molar-refractivity contribution in [3.63, 3.8) is 0 Å². The Morgan fingerprint density at radius 2 is 1.40 bits per heavy atom. The van der Waals surface area contributed by atoms with Crippen LogP contribution in [0.2, 0.25) is 0 Å². The van der Waals surface area contributed by atoms with Gasteiger partial charge in [0.1, 0.15) is 10.8 Å². The summed E-state index contributed by atoms with van der Waals surface area (Å²) in [4.78, 5) is 15.3. The van der Waals surface area contributed by atoms with E-state index in [1.54, 1.807) is 11.3 Å². The lowest BCUT2D eigenvalue weighted by Gasteiger charge is -2.37. The van der Waals surface area contributed by atoms with Gasteiger partial charge in [-0.1, -0.05) is 37.5 Å². The predicted molar refractivity (Wildman–Crippen MR) is 177 cm³/mol. The molecule has 43 heavy (non-hydrogen) atoms. The number of ether oxygens (including phenoxy) is 1. The van der Waals surface area contributed by atoms with E-state index in [0.717, 1.165) is 60.1 Å². The number of hydrogen-bond donors (Lipinski definition) is 2. The van der Waals surface area contributed by atoms with Gasteiger partial charge in [0.15, 0.2) is 0 Å². The van der Waals surface area contributed by atoms with Gasteiger partial charge < -0.3 is 15.1 Å². The van der Waals surface area contributed by atoms with E-state index in [2.05, 4.69) is 45.0 Å². The SMILES string of the molecule is CCC1CCC(C2CCC(C(=O)Oc3ccc(N=Nc4ccc(NNc5ccc(N6CCCC6)s5)cc4)cc3)CC2)CC1. The van der Waals surface area contributed by atoms with Gasteiger partial charge in [0.25, 0.3) is 0 Å². The van der Waals surface area contributed by atoms with Crippen LogP contribution in [0.15, 0.2) is 70.9 Å². The van der Waals surface area contributed by atoms with Crippen LogP contribution in [0.3, 0.4) is 0 Å². The molecular formula is C35H45N5O2S. The highest BCUT2D eigenvalue weighted by atomic mass is 32.1. The smallest absolute Gasteiger partial charge is 0.314 e. The van der Waals surface area contributed by atoms with Crippen molar-refractivity contribution in [2.45, 2.75) is 77.6 Å². The molecule has 2 aromatic carbocycles. The molecule has 8 heteroatoms. The van der Waals surface area contributed by atoms with Crippen LogP contribution in [0.4, 0.5) is 27.1 Å². The lowest BCUT2D eigenvalue weighted by atomic mass is 9.69. The van der Waals surface area contributed by atoms with Crippen LogP contribution in [0.25, 0.3) is 0 Å². The number of anilines is 3. The Bertz CT molecular complexity index is 1330. The summed E-state index contributed by atoms with van der Waals surface area (Å²) in [5.41, 5.74) is 8.99. The van der Waals surface area contributed by atoms with Gasteiger partial charge in [0.05, 0.1) is 28.0 Å². The Hall–Kier alpha value is -3.39. The van der Waals surface area contributed by atoms with E-state index in [9.17, 15) is 4.79 Å². The van der Waals surface area contributed by atoms with Crippen LogP contribution < -0.4 is 20.5 Å². The second-order valence-electron chi connectivity index (χ2n) is 12.5. The van der Waals surface area contributed by atoms with E-state index in [-0.39, 0.29) is 11.9 Å². The lowest BCUT2D eigenvalue weighted by Crippen LogP contribution is -2.30. The standard InChI is InChI=1S/C35H45N5O2S/c1-2-25-5-7-26(8-6-25)27-9-11-28(12-10-27)35(41)42-32-19-17-31(18-20-32)37-36-29-13-15-30(16-14-29)38-39-33-21-22-34(43-33)40-23-3-4-24-40/h13-22,25-28,38-39H,2-12,23-24H2,1H3. The molecule has 7 nitrogen and oxygen atoms in total. The number of azo groups is 1. The van der Waals surface area contributed by atoms with Crippen LogP contribution in [-0.4, -0.2) is 19.1 Å². The molecule has 1 aliphatic heterocycles. The van der Waals surface area contributed by atoms with Crippen molar-refractivity contribution in [3.05, 3.63) is 60.7 Å². The fourth-order valence-corrected chi connectivity index (χ4v) is 7.95. The van der Waals surface area contributed by atoms with Crippen molar-refractivity contribution in [1.29, 1.82) is 0 Å². The third-order valence-electron chi connectivity index (χ3n) is 9.78. The number of benzene rings is 2. The van der Waals surface area contributed by atoms with Crippen molar-refractivity contribution >= 4 is 44.4 Å². The van der Waals surface area contributed by atoms with Gasteiger partial charge in [0.2, 0.25) is 0 Å².